The van der Waals surface area contributed by atoms with Gasteiger partial charge in [-0.15, -0.1) is 0 Å². The maximum Gasteiger partial charge on any atom is 0.220 e. The van der Waals surface area contributed by atoms with Gasteiger partial charge >= 0.3 is 0 Å². The summed E-state index contributed by atoms with van der Waals surface area (Å²) >= 11 is 0. The quantitative estimate of drug-likeness (QED) is 0.742. The molecule has 9 heteroatoms. The molecule has 1 aromatic rings. The molecule has 1 aliphatic carbocycles. The van der Waals surface area contributed by atoms with Crippen LogP contribution in [0.15, 0.2) is 12.4 Å². The molecular weight excluding hydrogens is 366 g/mol. The Balaban J connectivity index is 1.29. The van der Waals surface area contributed by atoms with Crippen LogP contribution in [0.25, 0.3) is 0 Å². The third-order valence-electron chi connectivity index (χ3n) is 5.93. The van der Waals surface area contributed by atoms with E-state index in [4.69, 9.17) is 4.74 Å². The van der Waals surface area contributed by atoms with Gasteiger partial charge in [0, 0.05) is 37.2 Å². The van der Waals surface area contributed by atoms with Gasteiger partial charge in [0.1, 0.15) is 11.6 Å². The molecule has 2 unspecified atom stereocenters. The normalized spacial score (nSPS) is 30.5. The van der Waals surface area contributed by atoms with Gasteiger partial charge in [-0.1, -0.05) is 0 Å². The van der Waals surface area contributed by atoms with Gasteiger partial charge in [0.25, 0.3) is 0 Å². The summed E-state index contributed by atoms with van der Waals surface area (Å²) in [5, 5.41) is -0.424. The number of nitrogens with zero attached hydrogens (tertiary/aromatic N) is 3. The molecule has 3 fully saturated rings. The zero-order chi connectivity index (χ0) is 19.0. The van der Waals surface area contributed by atoms with E-state index in [1.54, 1.807) is 10.6 Å². The fourth-order valence-electron chi connectivity index (χ4n) is 4.12. The minimum atomic E-state index is -3.31. The van der Waals surface area contributed by atoms with Crippen molar-refractivity contribution in [3.63, 3.8) is 0 Å². The second-order valence-electron chi connectivity index (χ2n) is 8.08. The summed E-state index contributed by atoms with van der Waals surface area (Å²) in [6.45, 7) is 5.52. The van der Waals surface area contributed by atoms with E-state index in [2.05, 4.69) is 20.8 Å². The SMILES string of the molecule is CC1NNC(C)C1S(=O)(=O)N1CCC(COc2cc(C3CC3)ncn2)CC1. The lowest BCUT2D eigenvalue weighted by atomic mass is 9.99. The number of nitrogens with one attached hydrogen (secondary N) is 2. The fourth-order valence-corrected chi connectivity index (χ4v) is 6.35. The third kappa shape index (κ3) is 4.11. The van der Waals surface area contributed by atoms with E-state index in [0.717, 1.165) is 18.5 Å². The number of aromatic nitrogens is 2. The molecule has 3 heterocycles. The molecule has 8 nitrogen and oxygen atoms in total. The molecule has 0 aromatic carbocycles. The van der Waals surface area contributed by atoms with Crippen LogP contribution in [0.1, 0.15) is 51.1 Å². The van der Waals surface area contributed by atoms with Gasteiger partial charge in [0.2, 0.25) is 15.9 Å². The molecule has 4 rings (SSSR count). The van der Waals surface area contributed by atoms with E-state index in [1.807, 2.05) is 19.9 Å². The Labute approximate surface area is 161 Å². The first-order chi connectivity index (χ1) is 12.9. The summed E-state index contributed by atoms with van der Waals surface area (Å²) in [7, 11) is -3.31. The van der Waals surface area contributed by atoms with E-state index in [9.17, 15) is 8.42 Å². The number of rotatable bonds is 6. The molecule has 0 radical (unpaired) electrons. The number of hydrazine groups is 1. The van der Waals surface area contributed by atoms with Crippen molar-refractivity contribution >= 4 is 10.0 Å². The average molecular weight is 396 g/mol. The first kappa shape index (κ1) is 19.0. The molecule has 27 heavy (non-hydrogen) atoms. The molecule has 2 N–H and O–H groups in total. The summed E-state index contributed by atoms with van der Waals surface area (Å²) in [5.41, 5.74) is 7.15. The predicted molar refractivity (Wildman–Crippen MR) is 102 cm³/mol. The second-order valence-corrected chi connectivity index (χ2v) is 10.2. The third-order valence-corrected chi connectivity index (χ3v) is 8.52. The van der Waals surface area contributed by atoms with Crippen LogP contribution >= 0.6 is 0 Å². The second kappa shape index (κ2) is 7.62. The van der Waals surface area contributed by atoms with Gasteiger partial charge in [0.05, 0.1) is 12.3 Å². The highest BCUT2D eigenvalue weighted by molar-refractivity contribution is 7.89. The lowest BCUT2D eigenvalue weighted by molar-refractivity contribution is 0.180. The zero-order valence-corrected chi connectivity index (χ0v) is 16.8. The standard InChI is InChI=1S/C18H29N5O3S/c1-12-18(13(2)22-21-12)27(24,25)23-7-5-14(6-8-23)10-26-17-9-16(15-3-4-15)19-11-20-17/h9,11-15,18,21-22H,3-8,10H2,1-2H3. The zero-order valence-electron chi connectivity index (χ0n) is 16.0. The predicted octanol–water partition coefficient (Wildman–Crippen LogP) is 1.03. The Kier molecular flexibility index (Phi) is 5.37. The average Bonchev–Trinajstić information content (AvgIpc) is 3.45. The van der Waals surface area contributed by atoms with Crippen molar-refractivity contribution in [2.24, 2.45) is 5.92 Å². The molecule has 2 atom stereocenters. The van der Waals surface area contributed by atoms with Gasteiger partial charge in [-0.3, -0.25) is 10.9 Å². The van der Waals surface area contributed by atoms with Crippen molar-refractivity contribution in [2.75, 3.05) is 19.7 Å². The van der Waals surface area contributed by atoms with Crippen molar-refractivity contribution in [1.82, 2.24) is 25.1 Å². The van der Waals surface area contributed by atoms with Gasteiger partial charge < -0.3 is 4.74 Å². The molecule has 0 spiro atoms. The summed E-state index contributed by atoms with van der Waals surface area (Å²) in [6, 6.07) is 1.76. The molecule has 1 saturated carbocycles. The maximum absolute atomic E-state index is 13.0. The summed E-state index contributed by atoms with van der Waals surface area (Å²) in [5.74, 6) is 1.56. The number of hydrogen-bond acceptors (Lipinski definition) is 7. The van der Waals surface area contributed by atoms with Crippen LogP contribution in [-0.4, -0.2) is 59.7 Å². The highest BCUT2D eigenvalue weighted by atomic mass is 32.2. The smallest absolute Gasteiger partial charge is 0.220 e. The van der Waals surface area contributed by atoms with Crippen LogP contribution in [0.5, 0.6) is 5.88 Å². The largest absolute Gasteiger partial charge is 0.477 e. The van der Waals surface area contributed by atoms with Crippen LogP contribution in [0, 0.1) is 5.92 Å². The Morgan fingerprint density at radius 3 is 2.41 bits per heavy atom. The molecule has 0 bridgehead atoms. The Bertz CT molecular complexity index is 752. The monoisotopic (exact) mass is 395 g/mol. The van der Waals surface area contributed by atoms with Gasteiger partial charge in [-0.2, -0.15) is 0 Å². The topological polar surface area (TPSA) is 96.5 Å². The summed E-state index contributed by atoms with van der Waals surface area (Å²) in [6.07, 6.45) is 5.61. The van der Waals surface area contributed by atoms with E-state index < -0.39 is 15.3 Å². The van der Waals surface area contributed by atoms with E-state index in [-0.39, 0.29) is 12.1 Å². The van der Waals surface area contributed by atoms with Crippen LogP contribution in [0.2, 0.25) is 0 Å². The maximum atomic E-state index is 13.0. The molecule has 2 saturated heterocycles. The van der Waals surface area contributed by atoms with Gasteiger partial charge in [-0.25, -0.2) is 22.7 Å². The van der Waals surface area contributed by atoms with Crippen LogP contribution < -0.4 is 15.6 Å². The van der Waals surface area contributed by atoms with Crippen LogP contribution in [-0.2, 0) is 10.0 Å². The molecule has 150 valence electrons. The Morgan fingerprint density at radius 1 is 1.11 bits per heavy atom. The Hall–Kier alpha value is -1.29. The minimum Gasteiger partial charge on any atom is -0.477 e. The Morgan fingerprint density at radius 2 is 1.78 bits per heavy atom. The minimum absolute atomic E-state index is 0.0931. The molecule has 1 aromatic heterocycles. The van der Waals surface area contributed by atoms with Crippen molar-refractivity contribution in [3.05, 3.63) is 18.1 Å². The molecular formula is C18H29N5O3S. The first-order valence-corrected chi connectivity index (χ1v) is 11.4. The van der Waals surface area contributed by atoms with Crippen molar-refractivity contribution in [3.8, 4) is 5.88 Å². The summed E-state index contributed by atoms with van der Waals surface area (Å²) < 4.78 is 33.5. The fraction of sp³-hybridized carbons (Fsp3) is 0.778. The van der Waals surface area contributed by atoms with E-state index in [1.165, 1.54) is 12.8 Å². The van der Waals surface area contributed by atoms with Crippen molar-refractivity contribution in [2.45, 2.75) is 62.8 Å². The highest BCUT2D eigenvalue weighted by Gasteiger charge is 2.44. The molecule has 0 amide bonds. The van der Waals surface area contributed by atoms with Crippen LogP contribution in [0.4, 0.5) is 0 Å². The van der Waals surface area contributed by atoms with Crippen molar-refractivity contribution < 1.29 is 13.2 Å². The molecule has 2 aliphatic heterocycles. The first-order valence-electron chi connectivity index (χ1n) is 9.90. The lowest BCUT2D eigenvalue weighted by Gasteiger charge is -2.34. The van der Waals surface area contributed by atoms with Gasteiger partial charge in [0.15, 0.2) is 0 Å². The highest BCUT2D eigenvalue weighted by Crippen LogP contribution is 2.39. The number of hydrogen-bond donors (Lipinski definition) is 2. The van der Waals surface area contributed by atoms with E-state index in [0.29, 0.717) is 37.4 Å². The van der Waals surface area contributed by atoms with Gasteiger partial charge in [-0.05, 0) is 45.4 Å². The number of sulfonamides is 1. The number of ether oxygens (including phenoxy) is 1. The number of piperidine rings is 1. The van der Waals surface area contributed by atoms with Crippen molar-refractivity contribution in [1.29, 1.82) is 0 Å². The molecule has 3 aliphatic rings. The van der Waals surface area contributed by atoms with Crippen LogP contribution in [0.3, 0.4) is 0 Å². The van der Waals surface area contributed by atoms with E-state index >= 15 is 0 Å². The lowest BCUT2D eigenvalue weighted by Crippen LogP contribution is -2.49. The summed E-state index contributed by atoms with van der Waals surface area (Å²) in [4.78, 5) is 8.51.